The van der Waals surface area contributed by atoms with E-state index in [1.807, 2.05) is 13.8 Å². The minimum Gasteiger partial charge on any atom is -0.397 e. The fourth-order valence-electron chi connectivity index (χ4n) is 1.56. The van der Waals surface area contributed by atoms with Gasteiger partial charge in [0, 0.05) is 11.1 Å². The van der Waals surface area contributed by atoms with Crippen molar-refractivity contribution >= 4 is 22.7 Å². The van der Waals surface area contributed by atoms with Gasteiger partial charge in [-0.3, -0.25) is 0 Å². The molecule has 0 aliphatic rings. The van der Waals surface area contributed by atoms with Crippen LogP contribution < -0.4 is 11.1 Å². The third kappa shape index (κ3) is 2.43. The molecule has 0 amide bonds. The van der Waals surface area contributed by atoms with Gasteiger partial charge < -0.3 is 11.1 Å². The minimum atomic E-state index is -0.963. The molecule has 1 heterocycles. The Morgan fingerprint density at radius 3 is 2.72 bits per heavy atom. The van der Waals surface area contributed by atoms with Crippen LogP contribution in [-0.2, 0) is 0 Å². The average molecular weight is 269 g/mol. The molecule has 18 heavy (non-hydrogen) atoms. The Balaban J connectivity index is 2.27. The molecule has 1 aromatic heterocycles. The Labute approximate surface area is 108 Å². The third-order valence-corrected chi connectivity index (χ3v) is 3.59. The molecule has 1 atom stereocenters. The van der Waals surface area contributed by atoms with Crippen LogP contribution in [-0.4, -0.2) is 4.98 Å². The van der Waals surface area contributed by atoms with Gasteiger partial charge in [-0.25, -0.2) is 13.8 Å². The summed E-state index contributed by atoms with van der Waals surface area (Å²) in [4.78, 5) is 5.25. The Bertz CT molecular complexity index is 568. The summed E-state index contributed by atoms with van der Waals surface area (Å²) in [5, 5.41) is 3.66. The largest absolute Gasteiger partial charge is 0.397 e. The summed E-state index contributed by atoms with van der Waals surface area (Å²) in [7, 11) is 0. The van der Waals surface area contributed by atoms with Crippen LogP contribution in [0.4, 0.5) is 20.2 Å². The summed E-state index contributed by atoms with van der Waals surface area (Å²) >= 11 is 1.50. The van der Waals surface area contributed by atoms with Gasteiger partial charge in [0.2, 0.25) is 0 Å². The van der Waals surface area contributed by atoms with E-state index in [1.54, 1.807) is 6.20 Å². The van der Waals surface area contributed by atoms with Crippen LogP contribution >= 0.6 is 11.3 Å². The van der Waals surface area contributed by atoms with Crippen LogP contribution in [0.3, 0.4) is 0 Å². The van der Waals surface area contributed by atoms with Crippen molar-refractivity contribution in [1.82, 2.24) is 4.98 Å². The second-order valence-corrected chi connectivity index (χ2v) is 5.27. The molecule has 0 bridgehead atoms. The monoisotopic (exact) mass is 269 g/mol. The van der Waals surface area contributed by atoms with E-state index < -0.39 is 11.6 Å². The van der Waals surface area contributed by atoms with E-state index in [2.05, 4.69) is 10.3 Å². The fourth-order valence-corrected chi connectivity index (χ4v) is 2.34. The lowest BCUT2D eigenvalue weighted by Crippen LogP contribution is -2.10. The highest BCUT2D eigenvalue weighted by molar-refractivity contribution is 7.11. The van der Waals surface area contributed by atoms with Crippen LogP contribution in [0, 0.1) is 18.6 Å². The summed E-state index contributed by atoms with van der Waals surface area (Å²) in [6, 6.07) is 2.11. The molecule has 0 spiro atoms. The first-order valence-electron chi connectivity index (χ1n) is 5.41. The molecule has 0 saturated carbocycles. The molecule has 6 heteroatoms. The van der Waals surface area contributed by atoms with E-state index in [4.69, 9.17) is 5.73 Å². The number of thiazole rings is 1. The van der Waals surface area contributed by atoms with E-state index in [0.717, 1.165) is 16.0 Å². The average Bonchev–Trinajstić information content (AvgIpc) is 2.76. The highest BCUT2D eigenvalue weighted by Crippen LogP contribution is 2.29. The number of nitrogens with one attached hydrogen (secondary N) is 1. The molecule has 0 fully saturated rings. The number of halogens is 2. The molecule has 3 N–H and O–H groups in total. The van der Waals surface area contributed by atoms with Crippen LogP contribution in [0.2, 0.25) is 0 Å². The first-order valence-corrected chi connectivity index (χ1v) is 6.23. The summed E-state index contributed by atoms with van der Waals surface area (Å²) in [5.74, 6) is -1.88. The van der Waals surface area contributed by atoms with Gasteiger partial charge in [-0.05, 0) is 26.0 Å². The van der Waals surface area contributed by atoms with Gasteiger partial charge in [0.15, 0.2) is 11.6 Å². The number of rotatable bonds is 3. The van der Waals surface area contributed by atoms with Gasteiger partial charge in [0.05, 0.1) is 17.4 Å². The van der Waals surface area contributed by atoms with Gasteiger partial charge in [0.1, 0.15) is 5.01 Å². The van der Waals surface area contributed by atoms with Crippen LogP contribution in [0.15, 0.2) is 18.3 Å². The van der Waals surface area contributed by atoms with Crippen molar-refractivity contribution < 1.29 is 8.78 Å². The second-order valence-electron chi connectivity index (χ2n) is 4.00. The quantitative estimate of drug-likeness (QED) is 0.839. The smallest absolute Gasteiger partial charge is 0.183 e. The zero-order valence-electron chi connectivity index (χ0n) is 10.00. The summed E-state index contributed by atoms with van der Waals surface area (Å²) < 4.78 is 26.7. The fraction of sp³-hybridized carbons (Fsp3) is 0.250. The van der Waals surface area contributed by atoms with Crippen molar-refractivity contribution in [2.24, 2.45) is 0 Å². The van der Waals surface area contributed by atoms with Crippen LogP contribution in [0.25, 0.3) is 0 Å². The third-order valence-electron chi connectivity index (χ3n) is 2.50. The van der Waals surface area contributed by atoms with Gasteiger partial charge in [-0.2, -0.15) is 0 Å². The Kier molecular flexibility index (Phi) is 3.47. The molecule has 0 aliphatic heterocycles. The summed E-state index contributed by atoms with van der Waals surface area (Å²) in [5.41, 5.74) is 5.79. The Hall–Kier alpha value is -1.69. The van der Waals surface area contributed by atoms with E-state index in [0.29, 0.717) is 0 Å². The van der Waals surface area contributed by atoms with Crippen molar-refractivity contribution in [2.45, 2.75) is 19.9 Å². The van der Waals surface area contributed by atoms with Crippen molar-refractivity contribution in [3.05, 3.63) is 39.8 Å². The number of hydrogen-bond acceptors (Lipinski definition) is 4. The lowest BCUT2D eigenvalue weighted by atomic mass is 10.2. The molecule has 1 unspecified atom stereocenters. The number of anilines is 2. The molecule has 1 aromatic carbocycles. The number of nitrogens with zero attached hydrogens (tertiary/aromatic N) is 1. The summed E-state index contributed by atoms with van der Waals surface area (Å²) in [6.45, 7) is 3.76. The second kappa shape index (κ2) is 4.89. The topological polar surface area (TPSA) is 50.9 Å². The van der Waals surface area contributed by atoms with Gasteiger partial charge in [0.25, 0.3) is 0 Å². The Morgan fingerprint density at radius 1 is 1.39 bits per heavy atom. The lowest BCUT2D eigenvalue weighted by molar-refractivity contribution is 0.510. The van der Waals surface area contributed by atoms with Crippen molar-refractivity contribution in [1.29, 1.82) is 0 Å². The van der Waals surface area contributed by atoms with Crippen LogP contribution in [0.5, 0.6) is 0 Å². The predicted octanol–water partition coefficient (Wildman–Crippen LogP) is 3.49. The van der Waals surface area contributed by atoms with E-state index >= 15 is 0 Å². The molecule has 0 aliphatic carbocycles. The number of nitrogens with two attached hydrogens (primary N) is 1. The van der Waals surface area contributed by atoms with E-state index in [-0.39, 0.29) is 17.4 Å². The molecule has 0 radical (unpaired) electrons. The van der Waals surface area contributed by atoms with Crippen molar-refractivity contribution in [3.63, 3.8) is 0 Å². The van der Waals surface area contributed by atoms with Crippen molar-refractivity contribution in [2.75, 3.05) is 11.1 Å². The molecule has 96 valence electrons. The minimum absolute atomic E-state index is 0.0182. The molecule has 2 rings (SSSR count). The molecule has 2 aromatic rings. The Morgan fingerprint density at radius 2 is 2.11 bits per heavy atom. The normalized spacial score (nSPS) is 12.4. The molecular weight excluding hydrogens is 256 g/mol. The SMILES string of the molecule is Cc1cnc(C(C)Nc2c(N)ccc(F)c2F)s1. The van der Waals surface area contributed by atoms with E-state index in [1.165, 1.54) is 17.4 Å². The molecule has 3 nitrogen and oxygen atoms in total. The lowest BCUT2D eigenvalue weighted by Gasteiger charge is -2.15. The van der Waals surface area contributed by atoms with Gasteiger partial charge in [-0.1, -0.05) is 0 Å². The van der Waals surface area contributed by atoms with Crippen LogP contribution in [0.1, 0.15) is 22.9 Å². The number of hydrogen-bond donors (Lipinski definition) is 2. The summed E-state index contributed by atoms with van der Waals surface area (Å²) in [6.07, 6.45) is 1.74. The molecule has 0 saturated heterocycles. The predicted molar refractivity (Wildman–Crippen MR) is 69.7 cm³/mol. The van der Waals surface area contributed by atoms with Gasteiger partial charge >= 0.3 is 0 Å². The zero-order valence-corrected chi connectivity index (χ0v) is 10.8. The highest BCUT2D eigenvalue weighted by Gasteiger charge is 2.16. The number of nitrogen functional groups attached to an aromatic ring is 1. The maximum atomic E-state index is 13.6. The van der Waals surface area contributed by atoms with Crippen molar-refractivity contribution in [3.8, 4) is 0 Å². The number of aryl methyl sites for hydroxylation is 1. The maximum Gasteiger partial charge on any atom is 0.183 e. The zero-order chi connectivity index (χ0) is 13.3. The maximum absolute atomic E-state index is 13.6. The standard InChI is InChI=1S/C12H13F2N3S/c1-6-5-16-12(18-6)7(2)17-11-9(15)4-3-8(13)10(11)14/h3-5,7,17H,15H2,1-2H3. The van der Waals surface area contributed by atoms with Gasteiger partial charge in [-0.15, -0.1) is 11.3 Å². The molecular formula is C12H13F2N3S. The highest BCUT2D eigenvalue weighted by atomic mass is 32.1. The van der Waals surface area contributed by atoms with E-state index in [9.17, 15) is 8.78 Å². The number of benzene rings is 1. The first kappa shape index (κ1) is 12.8. The number of aromatic nitrogens is 1. The first-order chi connectivity index (χ1) is 8.49.